The number of halogens is 3. The maximum atomic E-state index is 12.6. The van der Waals surface area contributed by atoms with Crippen LogP contribution in [0.4, 0.5) is 13.2 Å². The highest BCUT2D eigenvalue weighted by Crippen LogP contribution is 2.36. The molecule has 0 N–H and O–H groups in total. The van der Waals surface area contributed by atoms with Crippen LogP contribution in [0.25, 0.3) is 0 Å². The normalized spacial score (nSPS) is 23.2. The van der Waals surface area contributed by atoms with Crippen LogP contribution in [0.2, 0.25) is 0 Å². The Morgan fingerprint density at radius 3 is 2.11 bits per heavy atom. The lowest BCUT2D eigenvalue weighted by Crippen LogP contribution is -2.41. The molecule has 1 fully saturated rings. The third-order valence-corrected chi connectivity index (χ3v) is 3.31. The van der Waals surface area contributed by atoms with Gasteiger partial charge in [0.1, 0.15) is 0 Å². The summed E-state index contributed by atoms with van der Waals surface area (Å²) in [5, 5.41) is 0. The van der Waals surface area contributed by atoms with Crippen molar-refractivity contribution < 1.29 is 25.2 Å². The molecule has 0 amide bonds. The molecule has 19 heavy (non-hydrogen) atoms. The van der Waals surface area contributed by atoms with Crippen molar-refractivity contribution in [1.29, 1.82) is 0 Å². The highest BCUT2D eigenvalue weighted by atomic mass is 19.4. The van der Waals surface area contributed by atoms with Crippen LogP contribution in [0.5, 0.6) is 0 Å². The SMILES string of the molecule is [2H]c1nc(C(F)(F)F)c([2H])nc1B1OC(C)(C)C(C)(C)O1. The molecule has 0 unspecified atom stereocenters. The summed E-state index contributed by atoms with van der Waals surface area (Å²) in [4.78, 5) is 6.61. The maximum Gasteiger partial charge on any atom is 0.516 e. The summed E-state index contributed by atoms with van der Waals surface area (Å²) in [5.41, 5.74) is -3.17. The zero-order valence-electron chi connectivity index (χ0n) is 12.9. The summed E-state index contributed by atoms with van der Waals surface area (Å²) in [6, 6.07) is 0. The van der Waals surface area contributed by atoms with E-state index in [-0.39, 0.29) is 5.59 Å². The van der Waals surface area contributed by atoms with E-state index in [0.29, 0.717) is 0 Å². The minimum Gasteiger partial charge on any atom is -0.398 e. The highest BCUT2D eigenvalue weighted by molar-refractivity contribution is 6.61. The van der Waals surface area contributed by atoms with Gasteiger partial charge in [-0.2, -0.15) is 13.2 Å². The lowest BCUT2D eigenvalue weighted by molar-refractivity contribution is -0.141. The molecule has 1 aromatic rings. The van der Waals surface area contributed by atoms with E-state index in [9.17, 15) is 13.2 Å². The van der Waals surface area contributed by atoms with Crippen molar-refractivity contribution in [3.05, 3.63) is 18.0 Å². The Balaban J connectivity index is 2.42. The van der Waals surface area contributed by atoms with Crippen LogP contribution in [-0.4, -0.2) is 28.3 Å². The largest absolute Gasteiger partial charge is 0.516 e. The first-order valence-electron chi connectivity index (χ1n) is 6.63. The molecular weight excluding hydrogens is 260 g/mol. The first-order chi connectivity index (χ1) is 9.35. The molecule has 8 heteroatoms. The lowest BCUT2D eigenvalue weighted by Gasteiger charge is -2.32. The minimum absolute atomic E-state index is 0.230. The van der Waals surface area contributed by atoms with E-state index < -0.39 is 42.5 Å². The summed E-state index contributed by atoms with van der Waals surface area (Å²) in [5.74, 6) is 0. The smallest absolute Gasteiger partial charge is 0.398 e. The summed E-state index contributed by atoms with van der Waals surface area (Å²) in [6.45, 7) is 7.04. The Kier molecular flexibility index (Phi) is 2.56. The molecule has 104 valence electrons. The number of hydrogen-bond acceptors (Lipinski definition) is 4. The lowest BCUT2D eigenvalue weighted by atomic mass is 9.85. The van der Waals surface area contributed by atoms with Crippen molar-refractivity contribution in [2.45, 2.75) is 45.1 Å². The zero-order chi connectivity index (χ0) is 16.2. The van der Waals surface area contributed by atoms with Crippen molar-refractivity contribution >= 4 is 12.7 Å². The van der Waals surface area contributed by atoms with E-state index in [1.165, 1.54) is 0 Å². The van der Waals surface area contributed by atoms with E-state index in [1.807, 2.05) is 0 Å². The van der Waals surface area contributed by atoms with E-state index in [4.69, 9.17) is 12.1 Å². The minimum atomic E-state index is -4.83. The zero-order valence-corrected chi connectivity index (χ0v) is 10.9. The molecular formula is C11H14BF3N2O2. The fourth-order valence-electron chi connectivity index (χ4n) is 1.46. The van der Waals surface area contributed by atoms with Gasteiger partial charge in [-0.25, -0.2) is 4.98 Å². The Hall–Kier alpha value is -1.15. The van der Waals surface area contributed by atoms with Crippen molar-refractivity contribution in [1.82, 2.24) is 9.97 Å². The molecule has 0 aliphatic carbocycles. The number of hydrogen-bond donors (Lipinski definition) is 0. The number of aromatic nitrogens is 2. The van der Waals surface area contributed by atoms with Gasteiger partial charge in [0.25, 0.3) is 0 Å². The van der Waals surface area contributed by atoms with Gasteiger partial charge in [-0.3, -0.25) is 4.98 Å². The molecule has 2 heterocycles. The molecule has 0 radical (unpaired) electrons. The third kappa shape index (κ3) is 2.60. The quantitative estimate of drug-likeness (QED) is 0.733. The van der Waals surface area contributed by atoms with Gasteiger partial charge in [0.15, 0.2) is 5.69 Å². The van der Waals surface area contributed by atoms with Crippen LogP contribution in [0, 0.1) is 0 Å². The van der Waals surface area contributed by atoms with Crippen LogP contribution in [0.1, 0.15) is 36.1 Å². The number of rotatable bonds is 1. The van der Waals surface area contributed by atoms with Crippen LogP contribution in [0.15, 0.2) is 12.3 Å². The Bertz CT molecular complexity index is 565. The van der Waals surface area contributed by atoms with Crippen LogP contribution in [-0.2, 0) is 15.5 Å². The molecule has 1 aromatic heterocycles. The van der Waals surface area contributed by atoms with Crippen molar-refractivity contribution in [3.63, 3.8) is 0 Å². The predicted octanol–water partition coefficient (Wildman–Crippen LogP) is 1.79. The van der Waals surface area contributed by atoms with Gasteiger partial charge >= 0.3 is 13.3 Å². The van der Waals surface area contributed by atoms with E-state index in [0.717, 1.165) is 0 Å². The second kappa shape index (κ2) is 4.18. The Morgan fingerprint density at radius 1 is 1.11 bits per heavy atom. The summed E-state index contributed by atoms with van der Waals surface area (Å²) >= 11 is 0. The molecule has 0 spiro atoms. The van der Waals surface area contributed by atoms with Crippen molar-refractivity contribution in [2.75, 3.05) is 0 Å². The fraction of sp³-hybridized carbons (Fsp3) is 0.636. The predicted molar refractivity (Wildman–Crippen MR) is 62.8 cm³/mol. The van der Waals surface area contributed by atoms with Gasteiger partial charge in [0.2, 0.25) is 0 Å². The summed E-state index contributed by atoms with van der Waals surface area (Å²) in [6.07, 6.45) is -6.59. The molecule has 0 bridgehead atoms. The highest BCUT2D eigenvalue weighted by Gasteiger charge is 2.52. The monoisotopic (exact) mass is 276 g/mol. The molecule has 0 atom stereocenters. The van der Waals surface area contributed by atoms with Crippen molar-refractivity contribution in [2.24, 2.45) is 0 Å². The fourth-order valence-corrected chi connectivity index (χ4v) is 1.46. The first-order valence-corrected chi connectivity index (χ1v) is 5.63. The maximum absolute atomic E-state index is 12.6. The second-order valence-electron chi connectivity index (χ2n) is 5.27. The van der Waals surface area contributed by atoms with Crippen molar-refractivity contribution in [3.8, 4) is 0 Å². The van der Waals surface area contributed by atoms with Gasteiger partial charge < -0.3 is 9.31 Å². The molecule has 1 saturated heterocycles. The average Bonchev–Trinajstić information content (AvgIpc) is 2.49. The molecule has 1 aliphatic heterocycles. The van der Waals surface area contributed by atoms with E-state index in [1.54, 1.807) is 27.7 Å². The first kappa shape index (κ1) is 11.7. The van der Waals surface area contributed by atoms with Crippen LogP contribution in [0.3, 0.4) is 0 Å². The topological polar surface area (TPSA) is 44.2 Å². The number of nitrogens with zero attached hydrogens (tertiary/aromatic N) is 2. The molecule has 0 saturated carbocycles. The summed E-state index contributed by atoms with van der Waals surface area (Å²) < 4.78 is 64.0. The van der Waals surface area contributed by atoms with Crippen LogP contribution < -0.4 is 5.59 Å². The summed E-state index contributed by atoms with van der Waals surface area (Å²) in [7, 11) is -1.12. The standard InChI is InChI=1S/C11H14BF3N2O2/c1-9(2)10(3,4)19-12(18-9)8-6-16-7(5-17-8)11(13,14)15/h5-6H,1-4H3/i5D,6D. The van der Waals surface area contributed by atoms with Gasteiger partial charge in [-0.1, -0.05) is 0 Å². The van der Waals surface area contributed by atoms with Gasteiger partial charge in [-0.15, -0.1) is 0 Å². The van der Waals surface area contributed by atoms with Gasteiger partial charge in [0, 0.05) is 6.17 Å². The molecule has 0 aromatic carbocycles. The molecule has 2 rings (SSSR count). The molecule has 4 nitrogen and oxygen atoms in total. The van der Waals surface area contributed by atoms with E-state index in [2.05, 4.69) is 9.97 Å². The average molecular weight is 276 g/mol. The van der Waals surface area contributed by atoms with Gasteiger partial charge in [0.05, 0.1) is 25.7 Å². The van der Waals surface area contributed by atoms with Gasteiger partial charge in [-0.05, 0) is 27.7 Å². The molecule has 1 aliphatic rings. The third-order valence-electron chi connectivity index (χ3n) is 3.31. The van der Waals surface area contributed by atoms with E-state index >= 15 is 0 Å². The second-order valence-corrected chi connectivity index (χ2v) is 5.27. The number of alkyl halides is 3. The van der Waals surface area contributed by atoms with Crippen LogP contribution >= 0.6 is 0 Å². The Morgan fingerprint density at radius 2 is 1.63 bits per heavy atom. The Labute approximate surface area is 112 Å².